The van der Waals surface area contributed by atoms with Gasteiger partial charge in [-0.3, -0.25) is 9.78 Å². The van der Waals surface area contributed by atoms with Crippen molar-refractivity contribution in [1.29, 1.82) is 0 Å². The molecule has 0 saturated carbocycles. The summed E-state index contributed by atoms with van der Waals surface area (Å²) < 4.78 is 66.7. The number of hydrogen-bond acceptors (Lipinski definition) is 4. The van der Waals surface area contributed by atoms with E-state index in [1.54, 1.807) is 12.1 Å². The van der Waals surface area contributed by atoms with E-state index in [0.29, 0.717) is 11.8 Å². The van der Waals surface area contributed by atoms with Crippen LogP contribution in [0.3, 0.4) is 0 Å². The summed E-state index contributed by atoms with van der Waals surface area (Å²) in [5.41, 5.74) is 0.589. The van der Waals surface area contributed by atoms with Crippen LogP contribution in [0.25, 0.3) is 11.1 Å². The highest BCUT2D eigenvalue weighted by atomic mass is 19.4. The molecular formula is C24H21F5N4O. The fourth-order valence-electron chi connectivity index (χ4n) is 3.92. The van der Waals surface area contributed by atoms with E-state index in [4.69, 9.17) is 0 Å². The molecular weight excluding hydrogens is 455 g/mol. The molecule has 1 aliphatic rings. The number of alkyl halides is 5. The van der Waals surface area contributed by atoms with E-state index < -0.39 is 42.5 Å². The highest BCUT2D eigenvalue weighted by Gasteiger charge is 2.42. The van der Waals surface area contributed by atoms with Crippen LogP contribution in [0, 0.1) is 0 Å². The van der Waals surface area contributed by atoms with E-state index in [0.717, 1.165) is 17.7 Å². The van der Waals surface area contributed by atoms with Crippen molar-refractivity contribution in [1.82, 2.24) is 14.9 Å². The molecule has 3 heterocycles. The first-order chi connectivity index (χ1) is 16.1. The monoisotopic (exact) mass is 476 g/mol. The minimum atomic E-state index is -4.53. The predicted octanol–water partition coefficient (Wildman–Crippen LogP) is 5.51. The van der Waals surface area contributed by atoms with Gasteiger partial charge in [-0.15, -0.1) is 0 Å². The van der Waals surface area contributed by atoms with E-state index in [1.165, 1.54) is 11.1 Å². The standard InChI is InChI=1S/C24H21F5N4O/c25-23(26)10-12-33(18(13-23)15-32-20-9-8-17(14-31-20)24(27,28)29)22(34)21-19(7-4-11-30-21)16-5-2-1-3-6-16/h1-9,11,14,18H,10,12-13,15H2,(H,31,32)/t18-/m0/s1. The Morgan fingerprint density at radius 3 is 2.50 bits per heavy atom. The second-order valence-corrected chi connectivity index (χ2v) is 8.04. The van der Waals surface area contributed by atoms with Crippen LogP contribution in [0.15, 0.2) is 67.0 Å². The van der Waals surface area contributed by atoms with Gasteiger partial charge < -0.3 is 10.2 Å². The van der Waals surface area contributed by atoms with Crippen LogP contribution in [0.5, 0.6) is 0 Å². The normalized spacial score (nSPS) is 17.9. The molecule has 1 amide bonds. The van der Waals surface area contributed by atoms with E-state index >= 15 is 0 Å². The van der Waals surface area contributed by atoms with Gasteiger partial charge in [-0.2, -0.15) is 13.2 Å². The first-order valence-electron chi connectivity index (χ1n) is 10.6. The number of amides is 1. The summed E-state index contributed by atoms with van der Waals surface area (Å²) in [7, 11) is 0. The Bertz CT molecular complexity index is 1140. The van der Waals surface area contributed by atoms with E-state index in [-0.39, 0.29) is 24.6 Å². The second kappa shape index (κ2) is 9.36. The molecule has 34 heavy (non-hydrogen) atoms. The maximum absolute atomic E-state index is 14.2. The largest absolute Gasteiger partial charge is 0.417 e. The Balaban J connectivity index is 1.55. The molecule has 1 N–H and O–H groups in total. The number of halogens is 5. The fraction of sp³-hybridized carbons (Fsp3) is 0.292. The highest BCUT2D eigenvalue weighted by molar-refractivity contribution is 5.99. The van der Waals surface area contributed by atoms with Crippen molar-refractivity contribution in [2.45, 2.75) is 31.0 Å². The zero-order valence-electron chi connectivity index (χ0n) is 17.9. The SMILES string of the molecule is O=C(c1ncccc1-c1ccccc1)N1CCC(F)(F)C[C@H]1CNc1ccc(C(F)(F)F)cn1. The van der Waals surface area contributed by atoms with Crippen molar-refractivity contribution >= 4 is 11.7 Å². The molecule has 0 spiro atoms. The molecule has 1 aromatic carbocycles. The van der Waals surface area contributed by atoms with Crippen LogP contribution in [-0.2, 0) is 6.18 Å². The summed E-state index contributed by atoms with van der Waals surface area (Å²) in [5, 5.41) is 2.79. The first-order valence-corrected chi connectivity index (χ1v) is 10.6. The van der Waals surface area contributed by atoms with Gasteiger partial charge in [0.15, 0.2) is 0 Å². The lowest BCUT2D eigenvalue weighted by Crippen LogP contribution is -2.52. The van der Waals surface area contributed by atoms with Crippen molar-refractivity contribution in [2.24, 2.45) is 0 Å². The first kappa shape index (κ1) is 23.6. The number of likely N-dealkylation sites (tertiary alicyclic amines) is 1. The molecule has 0 unspecified atom stereocenters. The number of hydrogen-bond donors (Lipinski definition) is 1. The van der Waals surface area contributed by atoms with Crippen LogP contribution >= 0.6 is 0 Å². The maximum Gasteiger partial charge on any atom is 0.417 e. The summed E-state index contributed by atoms with van der Waals surface area (Å²) in [5.74, 6) is -3.36. The summed E-state index contributed by atoms with van der Waals surface area (Å²) in [6.07, 6.45) is -3.46. The number of anilines is 1. The van der Waals surface area contributed by atoms with Gasteiger partial charge in [0.2, 0.25) is 0 Å². The van der Waals surface area contributed by atoms with Gasteiger partial charge >= 0.3 is 6.18 Å². The molecule has 0 radical (unpaired) electrons. The average molecular weight is 476 g/mol. The summed E-state index contributed by atoms with van der Waals surface area (Å²) in [4.78, 5) is 22.7. The van der Waals surface area contributed by atoms with Gasteiger partial charge in [0.05, 0.1) is 11.6 Å². The third kappa shape index (κ3) is 5.32. The fourth-order valence-corrected chi connectivity index (χ4v) is 3.92. The Kier molecular flexibility index (Phi) is 6.49. The van der Waals surface area contributed by atoms with Crippen LogP contribution in [0.2, 0.25) is 0 Å². The van der Waals surface area contributed by atoms with Crippen LogP contribution < -0.4 is 5.32 Å². The van der Waals surface area contributed by atoms with Gasteiger partial charge in [0, 0.05) is 43.9 Å². The number of pyridine rings is 2. The molecule has 4 rings (SSSR count). The zero-order chi connectivity index (χ0) is 24.3. The number of carbonyl (C=O) groups excluding carboxylic acids is 1. The minimum absolute atomic E-state index is 0.0945. The predicted molar refractivity (Wildman–Crippen MR) is 116 cm³/mol. The van der Waals surface area contributed by atoms with Gasteiger partial charge in [0.25, 0.3) is 11.8 Å². The molecule has 1 atom stereocenters. The molecule has 2 aromatic heterocycles. The van der Waals surface area contributed by atoms with Crippen molar-refractivity contribution in [2.75, 3.05) is 18.4 Å². The molecule has 178 valence electrons. The maximum atomic E-state index is 14.2. The van der Waals surface area contributed by atoms with Gasteiger partial charge in [-0.05, 0) is 23.8 Å². The molecule has 5 nitrogen and oxygen atoms in total. The number of nitrogens with zero attached hydrogens (tertiary/aromatic N) is 3. The lowest BCUT2D eigenvalue weighted by Gasteiger charge is -2.39. The molecule has 1 saturated heterocycles. The molecule has 1 fully saturated rings. The van der Waals surface area contributed by atoms with Gasteiger partial charge in [-0.1, -0.05) is 36.4 Å². The zero-order valence-corrected chi connectivity index (χ0v) is 17.9. The number of nitrogens with one attached hydrogen (secondary N) is 1. The van der Waals surface area contributed by atoms with Crippen molar-refractivity contribution < 1.29 is 26.7 Å². The molecule has 3 aromatic rings. The molecule has 0 aliphatic carbocycles. The highest BCUT2D eigenvalue weighted by Crippen LogP contribution is 2.34. The van der Waals surface area contributed by atoms with E-state index in [1.807, 2.05) is 30.3 Å². The van der Waals surface area contributed by atoms with Crippen LogP contribution in [-0.4, -0.2) is 45.8 Å². The topological polar surface area (TPSA) is 58.1 Å². The number of carbonyl (C=O) groups is 1. The van der Waals surface area contributed by atoms with Gasteiger partial charge in [0.1, 0.15) is 11.5 Å². The molecule has 1 aliphatic heterocycles. The Morgan fingerprint density at radius 1 is 1.06 bits per heavy atom. The lowest BCUT2D eigenvalue weighted by molar-refractivity contribution is -0.137. The van der Waals surface area contributed by atoms with Crippen LogP contribution in [0.1, 0.15) is 28.9 Å². The van der Waals surface area contributed by atoms with Crippen molar-refractivity contribution in [3.05, 3.63) is 78.2 Å². The molecule has 0 bridgehead atoms. The quantitative estimate of drug-likeness (QED) is 0.493. The minimum Gasteiger partial charge on any atom is -0.368 e. The Morgan fingerprint density at radius 2 is 1.82 bits per heavy atom. The second-order valence-electron chi connectivity index (χ2n) is 8.04. The third-order valence-electron chi connectivity index (χ3n) is 5.66. The van der Waals surface area contributed by atoms with Crippen molar-refractivity contribution in [3.63, 3.8) is 0 Å². The number of rotatable bonds is 5. The summed E-state index contributed by atoms with van der Waals surface area (Å²) in [6.45, 7) is -0.281. The number of benzene rings is 1. The van der Waals surface area contributed by atoms with Crippen LogP contribution in [0.4, 0.5) is 27.8 Å². The van der Waals surface area contributed by atoms with Gasteiger partial charge in [-0.25, -0.2) is 13.8 Å². The lowest BCUT2D eigenvalue weighted by atomic mass is 9.96. The summed E-state index contributed by atoms with van der Waals surface area (Å²) in [6, 6.07) is 13.6. The van der Waals surface area contributed by atoms with Crippen molar-refractivity contribution in [3.8, 4) is 11.1 Å². The number of aromatic nitrogens is 2. The van der Waals surface area contributed by atoms with E-state index in [9.17, 15) is 26.7 Å². The molecule has 10 heteroatoms. The Labute approximate surface area is 192 Å². The smallest absolute Gasteiger partial charge is 0.368 e. The Hall–Kier alpha value is -3.56. The summed E-state index contributed by atoms with van der Waals surface area (Å²) >= 11 is 0. The average Bonchev–Trinajstić information content (AvgIpc) is 2.82. The third-order valence-corrected chi connectivity index (χ3v) is 5.66. The number of piperidine rings is 1. The van der Waals surface area contributed by atoms with E-state index in [2.05, 4.69) is 15.3 Å².